The van der Waals surface area contributed by atoms with Crippen molar-refractivity contribution in [3.05, 3.63) is 40.5 Å². The van der Waals surface area contributed by atoms with Crippen LogP contribution >= 0.6 is 0 Å². The number of aromatic nitrogens is 3. The molecule has 0 aromatic carbocycles. The zero-order chi connectivity index (χ0) is 16.7. The van der Waals surface area contributed by atoms with E-state index in [-0.39, 0.29) is 17.6 Å². The second-order valence-corrected chi connectivity index (χ2v) is 6.86. The number of nitrogens with zero attached hydrogens (tertiary/aromatic N) is 2. The van der Waals surface area contributed by atoms with Crippen LogP contribution in [0.5, 0.6) is 0 Å². The lowest BCUT2D eigenvalue weighted by Crippen LogP contribution is -2.40. The molecule has 1 fully saturated rings. The fourth-order valence-electron chi connectivity index (χ4n) is 4.07. The smallest absolute Gasteiger partial charge is 0.256 e. The predicted octanol–water partition coefficient (Wildman–Crippen LogP) is 2.59. The van der Waals surface area contributed by atoms with Crippen molar-refractivity contribution in [3.63, 3.8) is 0 Å². The Balaban J connectivity index is 1.62. The molecular formula is C18H22N4O2. The molecule has 126 valence electrons. The lowest BCUT2D eigenvalue weighted by Gasteiger charge is -2.32. The van der Waals surface area contributed by atoms with Crippen molar-refractivity contribution in [1.82, 2.24) is 20.1 Å². The first-order chi connectivity index (χ1) is 11.6. The van der Waals surface area contributed by atoms with Crippen molar-refractivity contribution in [2.24, 2.45) is 0 Å². The summed E-state index contributed by atoms with van der Waals surface area (Å²) in [6, 6.07) is 1.98. The van der Waals surface area contributed by atoms with Crippen molar-refractivity contribution in [2.75, 3.05) is 13.1 Å². The molecule has 0 saturated carbocycles. The topological polar surface area (TPSA) is 81.8 Å². The van der Waals surface area contributed by atoms with E-state index < -0.39 is 0 Å². The number of amides is 1. The van der Waals surface area contributed by atoms with Crippen molar-refractivity contribution in [3.8, 4) is 0 Å². The average molecular weight is 326 g/mol. The van der Waals surface area contributed by atoms with E-state index >= 15 is 0 Å². The van der Waals surface area contributed by atoms with Gasteiger partial charge in [0.1, 0.15) is 0 Å². The molecule has 4 rings (SSSR count). The van der Waals surface area contributed by atoms with Gasteiger partial charge in [0.15, 0.2) is 5.78 Å². The van der Waals surface area contributed by atoms with Gasteiger partial charge in [-0.2, -0.15) is 5.10 Å². The third-order valence-corrected chi connectivity index (χ3v) is 5.26. The quantitative estimate of drug-likeness (QED) is 0.890. The van der Waals surface area contributed by atoms with E-state index in [0.717, 1.165) is 49.3 Å². The summed E-state index contributed by atoms with van der Waals surface area (Å²) in [6.45, 7) is 3.32. The first-order valence-electron chi connectivity index (χ1n) is 8.68. The van der Waals surface area contributed by atoms with Gasteiger partial charge in [-0.15, -0.1) is 0 Å². The van der Waals surface area contributed by atoms with Crippen LogP contribution in [0.4, 0.5) is 0 Å². The van der Waals surface area contributed by atoms with Gasteiger partial charge in [0.2, 0.25) is 0 Å². The van der Waals surface area contributed by atoms with Gasteiger partial charge in [0.25, 0.3) is 5.91 Å². The van der Waals surface area contributed by atoms with E-state index in [1.807, 2.05) is 17.9 Å². The van der Waals surface area contributed by atoms with Gasteiger partial charge in [-0.05, 0) is 38.7 Å². The second kappa shape index (κ2) is 5.92. The number of fused-ring (bicyclic) bond motifs is 1. The molecule has 1 saturated heterocycles. The van der Waals surface area contributed by atoms with Crippen LogP contribution in [0.25, 0.3) is 0 Å². The number of hydrogen-bond donors (Lipinski definition) is 2. The molecule has 6 nitrogen and oxygen atoms in total. The maximum atomic E-state index is 13.1. The van der Waals surface area contributed by atoms with Crippen molar-refractivity contribution < 1.29 is 9.59 Å². The van der Waals surface area contributed by atoms with Gasteiger partial charge in [-0.3, -0.25) is 14.7 Å². The first-order valence-corrected chi connectivity index (χ1v) is 8.68. The molecule has 24 heavy (non-hydrogen) atoms. The minimum atomic E-state index is -0.00975. The maximum absolute atomic E-state index is 13.1. The highest BCUT2D eigenvalue weighted by Crippen LogP contribution is 2.31. The molecule has 6 heteroatoms. The summed E-state index contributed by atoms with van der Waals surface area (Å²) in [7, 11) is 0. The normalized spacial score (nSPS) is 21.0. The molecular weight excluding hydrogens is 304 g/mol. The van der Waals surface area contributed by atoms with Crippen LogP contribution in [0.1, 0.15) is 69.4 Å². The number of carbonyl (C=O) groups is 2. The first kappa shape index (κ1) is 15.2. The lowest BCUT2D eigenvalue weighted by molar-refractivity contribution is 0.0700. The molecule has 2 aromatic heterocycles. The van der Waals surface area contributed by atoms with Crippen LogP contribution in [0.3, 0.4) is 0 Å². The molecule has 3 heterocycles. The van der Waals surface area contributed by atoms with E-state index in [1.54, 1.807) is 6.20 Å². The van der Waals surface area contributed by atoms with Gasteiger partial charge in [-0.25, -0.2) is 0 Å². The Morgan fingerprint density at radius 3 is 3.00 bits per heavy atom. The lowest BCUT2D eigenvalue weighted by atomic mass is 9.91. The number of nitrogens with one attached hydrogen (secondary N) is 2. The largest absolute Gasteiger partial charge is 0.361 e. The monoisotopic (exact) mass is 326 g/mol. The molecule has 0 radical (unpaired) electrons. The number of rotatable bonds is 2. The summed E-state index contributed by atoms with van der Waals surface area (Å²) in [5.74, 6) is 0.381. The number of hydrogen-bond acceptors (Lipinski definition) is 3. The minimum absolute atomic E-state index is 0.00975. The molecule has 2 aliphatic rings. The van der Waals surface area contributed by atoms with Crippen LogP contribution in [0, 0.1) is 6.92 Å². The molecule has 1 atom stereocenters. The Hall–Kier alpha value is -2.37. The highest BCUT2D eigenvalue weighted by atomic mass is 16.2. The van der Waals surface area contributed by atoms with E-state index in [2.05, 4.69) is 15.2 Å². The van der Waals surface area contributed by atoms with Crippen LogP contribution in [-0.2, 0) is 6.42 Å². The Labute approximate surface area is 140 Å². The fraction of sp³-hybridized carbons (Fsp3) is 0.500. The van der Waals surface area contributed by atoms with Gasteiger partial charge in [-0.1, -0.05) is 0 Å². The standard InChI is InChI=1S/C18H22N4O2/c1-11-16(17-14(20-11)5-2-6-15(17)23)18(24)22-9-3-4-12(10-22)13-7-8-19-21-13/h7-8,12,20H,2-6,9-10H2,1H3,(H,19,21)/t12-/m0/s1. The Kier molecular flexibility index (Phi) is 3.75. The Bertz CT molecular complexity index is 775. The molecule has 0 spiro atoms. The van der Waals surface area contributed by atoms with Crippen molar-refractivity contribution >= 4 is 11.7 Å². The summed E-state index contributed by atoms with van der Waals surface area (Å²) >= 11 is 0. The second-order valence-electron chi connectivity index (χ2n) is 6.86. The number of aryl methyl sites for hydroxylation is 2. The van der Waals surface area contributed by atoms with Crippen LogP contribution in [-0.4, -0.2) is 44.9 Å². The summed E-state index contributed by atoms with van der Waals surface area (Å²) in [5, 5.41) is 7.04. The number of likely N-dealkylation sites (tertiary alicyclic amines) is 1. The Morgan fingerprint density at radius 2 is 2.21 bits per heavy atom. The van der Waals surface area contributed by atoms with E-state index in [1.165, 1.54) is 0 Å². The Morgan fingerprint density at radius 1 is 1.33 bits per heavy atom. The predicted molar refractivity (Wildman–Crippen MR) is 89.3 cm³/mol. The molecule has 2 N–H and O–H groups in total. The number of Topliss-reactive ketones (excluding diaryl/α,β-unsaturated/α-hetero) is 1. The number of ketones is 1. The zero-order valence-electron chi connectivity index (χ0n) is 13.9. The minimum Gasteiger partial charge on any atom is -0.361 e. The summed E-state index contributed by atoms with van der Waals surface area (Å²) in [5.41, 5.74) is 4.09. The number of H-pyrrole nitrogens is 2. The summed E-state index contributed by atoms with van der Waals surface area (Å²) in [4.78, 5) is 30.7. The number of carbonyl (C=O) groups excluding carboxylic acids is 2. The zero-order valence-corrected chi connectivity index (χ0v) is 13.9. The average Bonchev–Trinajstić information content (AvgIpc) is 3.22. The molecule has 1 aliphatic heterocycles. The van der Waals surface area contributed by atoms with Crippen LogP contribution < -0.4 is 0 Å². The molecule has 1 amide bonds. The number of piperidine rings is 1. The van der Waals surface area contributed by atoms with Gasteiger partial charge in [0, 0.05) is 48.7 Å². The number of aromatic amines is 2. The maximum Gasteiger partial charge on any atom is 0.256 e. The third-order valence-electron chi connectivity index (χ3n) is 5.26. The highest BCUT2D eigenvalue weighted by Gasteiger charge is 2.33. The molecule has 2 aromatic rings. The fourth-order valence-corrected chi connectivity index (χ4v) is 4.07. The van der Waals surface area contributed by atoms with Crippen molar-refractivity contribution in [2.45, 2.75) is 44.9 Å². The van der Waals surface area contributed by atoms with E-state index in [4.69, 9.17) is 0 Å². The van der Waals surface area contributed by atoms with Gasteiger partial charge in [0.05, 0.1) is 11.1 Å². The molecule has 1 aliphatic carbocycles. The summed E-state index contributed by atoms with van der Waals surface area (Å²) < 4.78 is 0. The van der Waals surface area contributed by atoms with E-state index in [0.29, 0.717) is 24.1 Å². The van der Waals surface area contributed by atoms with Crippen molar-refractivity contribution in [1.29, 1.82) is 0 Å². The van der Waals surface area contributed by atoms with E-state index in [9.17, 15) is 9.59 Å². The van der Waals surface area contributed by atoms with Gasteiger partial charge < -0.3 is 9.88 Å². The highest BCUT2D eigenvalue weighted by molar-refractivity contribution is 6.10. The van der Waals surface area contributed by atoms with Crippen LogP contribution in [0.2, 0.25) is 0 Å². The molecule has 0 bridgehead atoms. The SMILES string of the molecule is Cc1[nH]c2c(c1C(=O)N1CCC[C@H](c3ccn[nH]3)C1)C(=O)CCC2. The van der Waals surface area contributed by atoms with Crippen LogP contribution in [0.15, 0.2) is 12.3 Å². The molecule has 0 unspecified atom stereocenters. The third kappa shape index (κ3) is 2.46. The van der Waals surface area contributed by atoms with Gasteiger partial charge >= 0.3 is 0 Å². The summed E-state index contributed by atoms with van der Waals surface area (Å²) in [6.07, 6.45) is 6.03.